The van der Waals surface area contributed by atoms with Crippen molar-refractivity contribution in [3.8, 4) is 5.75 Å². The molecule has 0 aliphatic heterocycles. The van der Waals surface area contributed by atoms with Gasteiger partial charge in [0, 0.05) is 17.7 Å². The van der Waals surface area contributed by atoms with Crippen LogP contribution in [0.3, 0.4) is 0 Å². The normalized spacial score (nSPS) is 10.8. The van der Waals surface area contributed by atoms with Gasteiger partial charge in [-0.25, -0.2) is 0 Å². The van der Waals surface area contributed by atoms with Gasteiger partial charge in [-0.15, -0.1) is 0 Å². The van der Waals surface area contributed by atoms with Gasteiger partial charge in [0.1, 0.15) is 11.9 Å². The first-order chi connectivity index (χ1) is 9.49. The monoisotopic (exact) mass is 293 g/mol. The van der Waals surface area contributed by atoms with E-state index in [2.05, 4.69) is 15.3 Å². The number of H-pyrrole nitrogens is 1. The average Bonchev–Trinajstić information content (AvgIpc) is 2.39. The smallest absolute Gasteiger partial charge is 0.293 e. The van der Waals surface area contributed by atoms with Crippen LogP contribution < -0.4 is 5.56 Å². The second-order valence-electron chi connectivity index (χ2n) is 3.57. The molecule has 0 aliphatic rings. The number of rotatable bonds is 3. The number of phenols is 1. The molecule has 10 heteroatoms. The number of phenolic OH excluding ortho intramolecular Hbond substituents is 1. The van der Waals surface area contributed by atoms with Gasteiger partial charge in [0.2, 0.25) is 4.77 Å². The summed E-state index contributed by atoms with van der Waals surface area (Å²) in [5.74, 6) is -0.212. The van der Waals surface area contributed by atoms with E-state index >= 15 is 0 Å². The Morgan fingerprint density at radius 1 is 1.55 bits per heavy atom. The molecule has 1 aromatic carbocycles. The number of nitro benzene ring substituents is 1. The highest BCUT2D eigenvalue weighted by Crippen LogP contribution is 2.21. The summed E-state index contributed by atoms with van der Waals surface area (Å²) in [6.07, 6.45) is 2.06. The lowest BCUT2D eigenvalue weighted by Crippen LogP contribution is -2.18. The van der Waals surface area contributed by atoms with Gasteiger partial charge in [-0.1, -0.05) is 0 Å². The Morgan fingerprint density at radius 3 is 2.95 bits per heavy atom. The molecule has 0 saturated heterocycles. The van der Waals surface area contributed by atoms with Gasteiger partial charge >= 0.3 is 0 Å². The summed E-state index contributed by atoms with van der Waals surface area (Å²) in [4.78, 5) is 21.5. The molecule has 2 N–H and O–H groups in total. The Hall–Kier alpha value is -2.88. The van der Waals surface area contributed by atoms with E-state index in [9.17, 15) is 20.0 Å². The minimum Gasteiger partial charge on any atom is -0.507 e. The molecule has 0 unspecified atom stereocenters. The number of aromatic amines is 1. The third kappa shape index (κ3) is 2.75. The van der Waals surface area contributed by atoms with Crippen LogP contribution in [0.4, 0.5) is 5.69 Å². The minimum absolute atomic E-state index is 0.0429. The lowest BCUT2D eigenvalue weighted by atomic mass is 10.2. The molecule has 0 spiro atoms. The van der Waals surface area contributed by atoms with Crippen LogP contribution in [0, 0.1) is 14.9 Å². The van der Waals surface area contributed by atoms with Crippen molar-refractivity contribution < 1.29 is 10.0 Å². The standard InChI is InChI=1S/C10H7N5O4S/c16-8-2-1-7(15(18)19)3-6(8)4-12-14-9(17)5-11-13-10(14)20/h1-5,16H,(H,13,20)/b12-4-. The van der Waals surface area contributed by atoms with E-state index in [0.717, 1.165) is 35.3 Å². The summed E-state index contributed by atoms with van der Waals surface area (Å²) in [5.41, 5.74) is -0.705. The van der Waals surface area contributed by atoms with Crippen LogP contribution in [0.5, 0.6) is 5.75 Å². The molecule has 0 atom stereocenters. The molecule has 0 fully saturated rings. The number of benzene rings is 1. The zero-order chi connectivity index (χ0) is 14.7. The van der Waals surface area contributed by atoms with Gasteiger partial charge in [-0.05, 0) is 18.3 Å². The van der Waals surface area contributed by atoms with Crippen molar-refractivity contribution in [2.45, 2.75) is 0 Å². The van der Waals surface area contributed by atoms with Crippen molar-refractivity contribution in [1.82, 2.24) is 14.9 Å². The highest BCUT2D eigenvalue weighted by Gasteiger charge is 2.08. The zero-order valence-electron chi connectivity index (χ0n) is 9.76. The third-order valence-electron chi connectivity index (χ3n) is 2.27. The van der Waals surface area contributed by atoms with Crippen LogP contribution in [-0.4, -0.2) is 31.1 Å². The molecule has 9 nitrogen and oxygen atoms in total. The maximum absolute atomic E-state index is 11.5. The molecular weight excluding hydrogens is 286 g/mol. The second kappa shape index (κ2) is 5.40. The predicted octanol–water partition coefficient (Wildman–Crippen LogP) is 0.797. The van der Waals surface area contributed by atoms with Gasteiger partial charge in [0.05, 0.1) is 11.1 Å². The lowest BCUT2D eigenvalue weighted by molar-refractivity contribution is -0.384. The number of nitro groups is 1. The quantitative estimate of drug-likeness (QED) is 0.373. The number of hydrogen-bond donors (Lipinski definition) is 2. The Labute approximate surface area is 116 Å². The summed E-state index contributed by atoms with van der Waals surface area (Å²) in [6, 6.07) is 3.44. The van der Waals surface area contributed by atoms with E-state index in [1.165, 1.54) is 0 Å². The summed E-state index contributed by atoms with van der Waals surface area (Å²) < 4.78 is 0.791. The Kier molecular flexibility index (Phi) is 3.66. The van der Waals surface area contributed by atoms with Gasteiger partial charge in [-0.3, -0.25) is 20.0 Å². The number of nitrogens with one attached hydrogen (secondary N) is 1. The number of aromatic hydroxyl groups is 1. The second-order valence-corrected chi connectivity index (χ2v) is 3.96. The molecule has 2 rings (SSSR count). The van der Waals surface area contributed by atoms with Gasteiger partial charge < -0.3 is 5.11 Å². The molecule has 0 bridgehead atoms. The first-order valence-corrected chi connectivity index (χ1v) is 5.58. The fourth-order valence-electron chi connectivity index (χ4n) is 1.33. The van der Waals surface area contributed by atoms with E-state index in [-0.39, 0.29) is 21.8 Å². The fourth-order valence-corrected chi connectivity index (χ4v) is 1.52. The molecule has 0 saturated carbocycles. The maximum atomic E-state index is 11.5. The molecule has 2 aromatic rings. The first-order valence-electron chi connectivity index (χ1n) is 5.17. The number of nitrogens with zero attached hydrogens (tertiary/aromatic N) is 4. The van der Waals surface area contributed by atoms with Gasteiger partial charge in [-0.2, -0.15) is 14.9 Å². The molecular formula is C10H7N5O4S. The fraction of sp³-hybridized carbons (Fsp3) is 0. The Bertz CT molecular complexity index is 782. The van der Waals surface area contributed by atoms with E-state index in [1.807, 2.05) is 0 Å². The summed E-state index contributed by atoms with van der Waals surface area (Å²) in [7, 11) is 0. The highest BCUT2D eigenvalue weighted by atomic mass is 32.1. The van der Waals surface area contributed by atoms with Crippen LogP contribution >= 0.6 is 12.2 Å². The Balaban J connectivity index is 2.46. The van der Waals surface area contributed by atoms with E-state index < -0.39 is 10.5 Å². The van der Waals surface area contributed by atoms with Crippen LogP contribution in [0.15, 0.2) is 34.3 Å². The molecule has 0 radical (unpaired) electrons. The Morgan fingerprint density at radius 2 is 2.30 bits per heavy atom. The highest BCUT2D eigenvalue weighted by molar-refractivity contribution is 7.71. The molecule has 1 heterocycles. The van der Waals surface area contributed by atoms with Crippen LogP contribution in [0.2, 0.25) is 0 Å². The largest absolute Gasteiger partial charge is 0.507 e. The maximum Gasteiger partial charge on any atom is 0.293 e. The molecule has 102 valence electrons. The van der Waals surface area contributed by atoms with Crippen molar-refractivity contribution in [3.63, 3.8) is 0 Å². The van der Waals surface area contributed by atoms with Crippen LogP contribution in [0.1, 0.15) is 5.56 Å². The third-order valence-corrected chi connectivity index (χ3v) is 2.53. The van der Waals surface area contributed by atoms with Crippen molar-refractivity contribution in [2.75, 3.05) is 0 Å². The van der Waals surface area contributed by atoms with Crippen LogP contribution in [0.25, 0.3) is 0 Å². The summed E-state index contributed by atoms with van der Waals surface area (Å²) in [6.45, 7) is 0. The summed E-state index contributed by atoms with van der Waals surface area (Å²) >= 11 is 4.82. The minimum atomic E-state index is -0.609. The SMILES string of the molecule is O=c1cn[nH]c(=S)n1/N=C\c1cc([N+](=O)[O-])ccc1O. The molecule has 0 amide bonds. The number of non-ortho nitro benzene ring substituents is 1. The number of aromatic nitrogens is 3. The van der Waals surface area contributed by atoms with E-state index in [0.29, 0.717) is 0 Å². The predicted molar refractivity (Wildman–Crippen MR) is 71.4 cm³/mol. The zero-order valence-corrected chi connectivity index (χ0v) is 10.6. The van der Waals surface area contributed by atoms with Crippen molar-refractivity contribution in [3.05, 3.63) is 55.2 Å². The van der Waals surface area contributed by atoms with E-state index in [4.69, 9.17) is 12.2 Å². The van der Waals surface area contributed by atoms with Crippen molar-refractivity contribution in [2.24, 2.45) is 5.10 Å². The average molecular weight is 293 g/mol. The van der Waals surface area contributed by atoms with Gasteiger partial charge in [0.25, 0.3) is 11.2 Å². The van der Waals surface area contributed by atoms with Gasteiger partial charge in [0.15, 0.2) is 0 Å². The summed E-state index contributed by atoms with van der Waals surface area (Å²) in [5, 5.41) is 29.8. The molecule has 20 heavy (non-hydrogen) atoms. The van der Waals surface area contributed by atoms with Crippen molar-refractivity contribution >= 4 is 24.1 Å². The van der Waals surface area contributed by atoms with E-state index in [1.54, 1.807) is 0 Å². The topological polar surface area (TPSA) is 126 Å². The lowest BCUT2D eigenvalue weighted by Gasteiger charge is -1.99. The first kappa shape index (κ1) is 13.5. The van der Waals surface area contributed by atoms with Crippen molar-refractivity contribution in [1.29, 1.82) is 0 Å². The van der Waals surface area contributed by atoms with Crippen LogP contribution in [-0.2, 0) is 0 Å². The molecule has 0 aliphatic carbocycles. The molecule has 1 aromatic heterocycles. The number of hydrogen-bond acceptors (Lipinski definition) is 7.